The van der Waals surface area contributed by atoms with Crippen molar-refractivity contribution >= 4 is 5.91 Å². The predicted molar refractivity (Wildman–Crippen MR) is 120 cm³/mol. The molecule has 164 valence electrons. The summed E-state index contributed by atoms with van der Waals surface area (Å²) < 4.78 is 20.9. The quantitative estimate of drug-likeness (QED) is 0.625. The number of likely N-dealkylation sites (tertiary alicyclic amines) is 1. The molecule has 3 heterocycles. The van der Waals surface area contributed by atoms with Crippen LogP contribution in [0, 0.1) is 11.7 Å². The first-order chi connectivity index (χ1) is 15.5. The van der Waals surface area contributed by atoms with E-state index >= 15 is 0 Å². The first-order valence-electron chi connectivity index (χ1n) is 10.9. The van der Waals surface area contributed by atoms with Gasteiger partial charge in [-0.25, -0.2) is 4.39 Å². The van der Waals surface area contributed by atoms with Crippen molar-refractivity contribution in [3.8, 4) is 5.75 Å². The summed E-state index contributed by atoms with van der Waals surface area (Å²) in [6, 6.07) is 19.6. The summed E-state index contributed by atoms with van der Waals surface area (Å²) in [5.74, 6) is -0.128. The van der Waals surface area contributed by atoms with Crippen LogP contribution < -0.4 is 10.3 Å². The van der Waals surface area contributed by atoms with Crippen LogP contribution in [0.5, 0.6) is 5.75 Å². The Labute approximate surface area is 186 Å². The minimum atomic E-state index is -0.440. The molecule has 5 rings (SSSR count). The van der Waals surface area contributed by atoms with Crippen LogP contribution >= 0.6 is 0 Å². The normalized spacial score (nSPS) is 21.7. The molecular formula is C26H25FN2O3. The molecule has 0 N–H and O–H groups in total. The first kappa shape index (κ1) is 20.5. The Morgan fingerprint density at radius 1 is 1.06 bits per heavy atom. The Kier molecular flexibility index (Phi) is 5.29. The summed E-state index contributed by atoms with van der Waals surface area (Å²) >= 11 is 0. The van der Waals surface area contributed by atoms with Crippen molar-refractivity contribution in [1.29, 1.82) is 0 Å². The molecular weight excluding hydrogens is 407 g/mol. The summed E-state index contributed by atoms with van der Waals surface area (Å²) in [7, 11) is 1.44. The molecule has 0 aliphatic carbocycles. The zero-order chi connectivity index (χ0) is 22.2. The minimum Gasteiger partial charge on any atom is -0.496 e. The number of benzene rings is 2. The number of aromatic nitrogens is 1. The lowest BCUT2D eigenvalue weighted by Crippen LogP contribution is -2.51. The molecule has 2 aliphatic rings. The summed E-state index contributed by atoms with van der Waals surface area (Å²) in [6.45, 7) is 1.07. The number of nitrogens with zero attached hydrogens (tertiary/aromatic N) is 2. The maximum atomic E-state index is 13.7. The van der Waals surface area contributed by atoms with Crippen LogP contribution in [0.15, 0.2) is 71.5 Å². The molecule has 32 heavy (non-hydrogen) atoms. The predicted octanol–water partition coefficient (Wildman–Crippen LogP) is 4.04. The molecule has 3 atom stereocenters. The molecule has 1 saturated heterocycles. The lowest BCUT2D eigenvalue weighted by molar-refractivity contribution is 0.0525. The smallest absolute Gasteiger partial charge is 0.257 e. The molecule has 0 radical (unpaired) electrons. The van der Waals surface area contributed by atoms with Crippen molar-refractivity contribution < 1.29 is 13.9 Å². The molecule has 5 nitrogen and oxygen atoms in total. The largest absolute Gasteiger partial charge is 0.496 e. The van der Waals surface area contributed by atoms with Crippen molar-refractivity contribution in [2.45, 2.75) is 24.8 Å². The van der Waals surface area contributed by atoms with Gasteiger partial charge in [0.1, 0.15) is 11.6 Å². The average Bonchev–Trinajstić information content (AvgIpc) is 2.82. The monoisotopic (exact) mass is 432 g/mol. The number of rotatable bonds is 4. The van der Waals surface area contributed by atoms with E-state index < -0.39 is 5.82 Å². The average molecular weight is 432 g/mol. The lowest BCUT2D eigenvalue weighted by Gasteiger charge is -2.47. The van der Waals surface area contributed by atoms with Gasteiger partial charge >= 0.3 is 0 Å². The van der Waals surface area contributed by atoms with Crippen LogP contribution in [0.3, 0.4) is 0 Å². The molecule has 2 aliphatic heterocycles. The lowest BCUT2D eigenvalue weighted by atomic mass is 9.76. The standard InChI is InChI=1S/C26H25FN2O3/c1-32-24-14-20(27)10-11-21(24)26(31)28-15-18-13-19(16-28)23(12-17-6-3-2-4-7-17)29-22(18)8-5-9-25(29)30/h2-11,14,18-19,23H,12-13,15-16H2,1H3/t18-,19+,23+/m1/s1. The highest BCUT2D eigenvalue weighted by molar-refractivity contribution is 5.97. The van der Waals surface area contributed by atoms with Crippen LogP contribution in [-0.4, -0.2) is 35.6 Å². The van der Waals surface area contributed by atoms with Crippen LogP contribution in [0.1, 0.15) is 40.0 Å². The van der Waals surface area contributed by atoms with Gasteiger partial charge in [-0.3, -0.25) is 9.59 Å². The van der Waals surface area contributed by atoms with E-state index in [4.69, 9.17) is 4.74 Å². The number of amides is 1. The van der Waals surface area contributed by atoms with Gasteiger partial charge < -0.3 is 14.2 Å². The van der Waals surface area contributed by atoms with Crippen molar-refractivity contribution in [3.63, 3.8) is 0 Å². The van der Waals surface area contributed by atoms with E-state index in [2.05, 4.69) is 12.1 Å². The van der Waals surface area contributed by atoms with Crippen LogP contribution in [0.4, 0.5) is 4.39 Å². The van der Waals surface area contributed by atoms with Gasteiger partial charge in [0, 0.05) is 42.9 Å². The summed E-state index contributed by atoms with van der Waals surface area (Å²) in [5, 5.41) is 0. The van der Waals surface area contributed by atoms with E-state index in [1.807, 2.05) is 33.7 Å². The minimum absolute atomic E-state index is 0.0121. The summed E-state index contributed by atoms with van der Waals surface area (Å²) in [4.78, 5) is 28.1. The molecule has 1 aromatic heterocycles. The van der Waals surface area contributed by atoms with E-state index in [0.717, 1.165) is 18.5 Å². The highest BCUT2D eigenvalue weighted by Gasteiger charge is 2.42. The Morgan fingerprint density at radius 3 is 2.66 bits per heavy atom. The zero-order valence-corrected chi connectivity index (χ0v) is 17.9. The zero-order valence-electron chi connectivity index (χ0n) is 17.9. The number of methoxy groups -OCH3 is 1. The van der Waals surface area contributed by atoms with E-state index in [9.17, 15) is 14.0 Å². The van der Waals surface area contributed by atoms with Gasteiger partial charge in [0.05, 0.1) is 12.7 Å². The summed E-state index contributed by atoms with van der Waals surface area (Å²) in [6.07, 6.45) is 1.67. The Bertz CT molecular complexity index is 1210. The van der Waals surface area contributed by atoms with Crippen LogP contribution in [0.2, 0.25) is 0 Å². The summed E-state index contributed by atoms with van der Waals surface area (Å²) in [5.41, 5.74) is 2.52. The highest BCUT2D eigenvalue weighted by Crippen LogP contribution is 2.43. The number of hydrogen-bond acceptors (Lipinski definition) is 3. The number of fused-ring (bicyclic) bond motifs is 4. The van der Waals surface area contributed by atoms with Gasteiger partial charge in [-0.2, -0.15) is 0 Å². The molecule has 0 saturated carbocycles. The van der Waals surface area contributed by atoms with E-state index in [1.165, 1.54) is 30.9 Å². The van der Waals surface area contributed by atoms with E-state index in [1.54, 1.807) is 12.1 Å². The van der Waals surface area contributed by atoms with Gasteiger partial charge in [-0.1, -0.05) is 36.4 Å². The Balaban J connectivity index is 1.51. The maximum Gasteiger partial charge on any atom is 0.257 e. The third kappa shape index (κ3) is 3.60. The van der Waals surface area contributed by atoms with Crippen LogP contribution in [-0.2, 0) is 6.42 Å². The second kappa shape index (κ2) is 8.26. The Morgan fingerprint density at radius 2 is 1.88 bits per heavy atom. The molecule has 2 aromatic carbocycles. The number of pyridine rings is 1. The number of piperidine rings is 1. The fourth-order valence-electron chi connectivity index (χ4n) is 5.34. The molecule has 1 fully saturated rings. The van der Waals surface area contributed by atoms with Crippen LogP contribution in [0.25, 0.3) is 0 Å². The fraction of sp³-hybridized carbons (Fsp3) is 0.308. The number of halogens is 1. The SMILES string of the molecule is COc1cc(F)ccc1C(=O)N1C[C@H]2C[C@@H](C1)[C@H](Cc1ccccc1)n1c2cccc1=O. The third-order valence-corrected chi connectivity index (χ3v) is 6.77. The molecule has 1 amide bonds. The molecule has 0 spiro atoms. The van der Waals surface area contributed by atoms with Gasteiger partial charge in [-0.05, 0) is 42.5 Å². The van der Waals surface area contributed by atoms with Crippen molar-refractivity contribution in [2.75, 3.05) is 20.2 Å². The Hall–Kier alpha value is -3.41. The number of carbonyl (C=O) groups excluding carboxylic acids is 1. The number of hydrogen-bond donors (Lipinski definition) is 0. The molecule has 0 unspecified atom stereocenters. The van der Waals surface area contributed by atoms with Gasteiger partial charge in [0.25, 0.3) is 11.5 Å². The highest BCUT2D eigenvalue weighted by atomic mass is 19.1. The van der Waals surface area contributed by atoms with E-state index in [0.29, 0.717) is 18.7 Å². The van der Waals surface area contributed by atoms with Gasteiger partial charge in [0.2, 0.25) is 0 Å². The fourth-order valence-corrected chi connectivity index (χ4v) is 5.34. The van der Waals surface area contributed by atoms with Gasteiger partial charge in [0.15, 0.2) is 0 Å². The molecule has 6 heteroatoms. The third-order valence-electron chi connectivity index (χ3n) is 6.77. The number of ether oxygens (including phenoxy) is 1. The van der Waals surface area contributed by atoms with Crippen molar-refractivity contribution in [2.24, 2.45) is 5.92 Å². The first-order valence-corrected chi connectivity index (χ1v) is 10.9. The second-order valence-corrected chi connectivity index (χ2v) is 8.66. The number of carbonyl (C=O) groups is 1. The second-order valence-electron chi connectivity index (χ2n) is 8.66. The maximum absolute atomic E-state index is 13.7. The molecule has 3 aromatic rings. The van der Waals surface area contributed by atoms with Gasteiger partial charge in [-0.15, -0.1) is 0 Å². The topological polar surface area (TPSA) is 51.5 Å². The van der Waals surface area contributed by atoms with Crippen molar-refractivity contribution in [3.05, 3.63) is 99.7 Å². The molecule has 2 bridgehead atoms. The van der Waals surface area contributed by atoms with Crippen molar-refractivity contribution in [1.82, 2.24) is 9.47 Å². The van der Waals surface area contributed by atoms with E-state index in [-0.39, 0.29) is 35.1 Å².